The third-order valence-corrected chi connectivity index (χ3v) is 2.41. The fourth-order valence-corrected chi connectivity index (χ4v) is 1.52. The molecule has 0 aliphatic heterocycles. The number of hydrogen-bond donors (Lipinski definition) is 1. The zero-order chi connectivity index (χ0) is 9.42. The molecule has 0 bridgehead atoms. The van der Waals surface area contributed by atoms with Crippen molar-refractivity contribution in [2.24, 2.45) is 0 Å². The summed E-state index contributed by atoms with van der Waals surface area (Å²) < 4.78 is 13.5. The highest BCUT2D eigenvalue weighted by atomic mass is 79.9. The van der Waals surface area contributed by atoms with Crippen molar-refractivity contribution in [1.82, 2.24) is 4.98 Å². The predicted molar refractivity (Wildman–Crippen MR) is 52.2 cm³/mol. The third-order valence-electron chi connectivity index (χ3n) is 1.82. The van der Waals surface area contributed by atoms with Crippen LogP contribution in [0.3, 0.4) is 0 Å². The Hall–Kier alpha value is -1.16. The van der Waals surface area contributed by atoms with Crippen molar-refractivity contribution >= 4 is 26.8 Å². The summed E-state index contributed by atoms with van der Waals surface area (Å²) in [5.74, 6) is -0.415. The van der Waals surface area contributed by atoms with E-state index in [0.29, 0.717) is 9.86 Å². The zero-order valence-corrected chi connectivity index (χ0v) is 8.06. The maximum atomic E-state index is 13.1. The van der Waals surface area contributed by atoms with E-state index in [9.17, 15) is 9.18 Å². The molecule has 0 atom stereocenters. The number of pyridine rings is 1. The molecule has 0 saturated carbocycles. The fraction of sp³-hybridized carbons (Fsp3) is 0. The predicted octanol–water partition coefficient (Wildman–Crippen LogP) is 2.43. The first-order valence-electron chi connectivity index (χ1n) is 3.65. The van der Waals surface area contributed by atoms with Gasteiger partial charge < -0.3 is 4.98 Å². The molecule has 1 aromatic carbocycles. The molecule has 0 amide bonds. The van der Waals surface area contributed by atoms with E-state index < -0.39 is 5.82 Å². The van der Waals surface area contributed by atoms with Gasteiger partial charge in [0.15, 0.2) is 0 Å². The van der Waals surface area contributed by atoms with Crippen LogP contribution in [0.15, 0.2) is 33.7 Å². The van der Waals surface area contributed by atoms with Crippen LogP contribution in [-0.4, -0.2) is 4.98 Å². The van der Waals surface area contributed by atoms with Crippen molar-refractivity contribution in [3.05, 3.63) is 44.9 Å². The summed E-state index contributed by atoms with van der Waals surface area (Å²) in [5.41, 5.74) is 0.0453. The number of aromatic amines is 1. The number of nitrogens with one attached hydrogen (secondary N) is 1. The molecule has 2 rings (SSSR count). The lowest BCUT2D eigenvalue weighted by Crippen LogP contribution is -2.04. The summed E-state index contributed by atoms with van der Waals surface area (Å²) in [5, 5.41) is 0.356. The van der Waals surface area contributed by atoms with Gasteiger partial charge in [0.2, 0.25) is 5.43 Å². The highest BCUT2D eigenvalue weighted by Gasteiger charge is 2.05. The number of H-pyrrole nitrogens is 1. The summed E-state index contributed by atoms with van der Waals surface area (Å²) in [6.45, 7) is 0. The fourth-order valence-electron chi connectivity index (χ4n) is 1.19. The molecule has 0 saturated heterocycles. The quantitative estimate of drug-likeness (QED) is 0.756. The van der Waals surface area contributed by atoms with E-state index in [4.69, 9.17) is 0 Å². The number of halogens is 2. The Labute approximate surface area is 81.5 Å². The molecule has 4 heteroatoms. The van der Waals surface area contributed by atoms with E-state index >= 15 is 0 Å². The normalized spacial score (nSPS) is 10.6. The molecule has 1 aromatic heterocycles. The Balaban J connectivity index is 3.03. The molecule has 1 N–H and O–H groups in total. The van der Waals surface area contributed by atoms with Crippen molar-refractivity contribution in [2.75, 3.05) is 0 Å². The van der Waals surface area contributed by atoms with Crippen LogP contribution in [0.25, 0.3) is 10.9 Å². The van der Waals surface area contributed by atoms with E-state index in [1.165, 1.54) is 18.3 Å². The molecule has 0 fully saturated rings. The number of rotatable bonds is 0. The summed E-state index contributed by atoms with van der Waals surface area (Å²) in [4.78, 5) is 14.2. The molecule has 13 heavy (non-hydrogen) atoms. The second kappa shape index (κ2) is 2.96. The number of fused-ring (bicyclic) bond motifs is 1. The number of hydrogen-bond acceptors (Lipinski definition) is 1. The first-order chi connectivity index (χ1) is 6.20. The van der Waals surface area contributed by atoms with E-state index in [-0.39, 0.29) is 10.9 Å². The third kappa shape index (κ3) is 1.27. The molecule has 0 spiro atoms. The average Bonchev–Trinajstić information content (AvgIpc) is 2.12. The summed E-state index contributed by atoms with van der Waals surface area (Å²) in [7, 11) is 0. The molecule has 0 aliphatic rings. The van der Waals surface area contributed by atoms with Crippen LogP contribution in [0.1, 0.15) is 0 Å². The first kappa shape index (κ1) is 8.44. The Kier molecular flexibility index (Phi) is 1.92. The van der Waals surface area contributed by atoms with Gasteiger partial charge >= 0.3 is 0 Å². The Morgan fingerprint density at radius 2 is 2.15 bits per heavy atom. The summed E-state index contributed by atoms with van der Waals surface area (Å²) >= 11 is 3.07. The Bertz CT molecular complexity index is 520. The monoisotopic (exact) mass is 241 g/mol. The van der Waals surface area contributed by atoms with E-state index in [1.54, 1.807) is 6.07 Å². The van der Waals surface area contributed by atoms with Crippen LogP contribution in [-0.2, 0) is 0 Å². The molecule has 0 aliphatic carbocycles. The van der Waals surface area contributed by atoms with Crippen LogP contribution in [0.5, 0.6) is 0 Å². The summed E-state index contributed by atoms with van der Waals surface area (Å²) in [6, 6.07) is 4.41. The molecule has 0 unspecified atom stereocenters. The number of para-hydroxylation sites is 1. The second-order valence-corrected chi connectivity index (χ2v) is 3.48. The van der Waals surface area contributed by atoms with Gasteiger partial charge in [0.05, 0.1) is 9.99 Å². The van der Waals surface area contributed by atoms with E-state index in [2.05, 4.69) is 20.9 Å². The topological polar surface area (TPSA) is 32.9 Å². The van der Waals surface area contributed by atoms with Crippen LogP contribution < -0.4 is 5.43 Å². The van der Waals surface area contributed by atoms with Gasteiger partial charge in [-0.1, -0.05) is 6.07 Å². The lowest BCUT2D eigenvalue weighted by Gasteiger charge is -1.98. The highest BCUT2D eigenvalue weighted by molar-refractivity contribution is 9.10. The van der Waals surface area contributed by atoms with Gasteiger partial charge in [-0.2, -0.15) is 0 Å². The lowest BCUT2D eigenvalue weighted by atomic mass is 10.2. The Morgan fingerprint density at radius 1 is 1.38 bits per heavy atom. The van der Waals surface area contributed by atoms with Crippen molar-refractivity contribution in [3.63, 3.8) is 0 Å². The molecule has 2 aromatic rings. The molecule has 1 heterocycles. The van der Waals surface area contributed by atoms with Gasteiger partial charge in [-0.05, 0) is 28.1 Å². The molecule has 2 nitrogen and oxygen atoms in total. The highest BCUT2D eigenvalue weighted by Crippen LogP contribution is 2.13. The first-order valence-corrected chi connectivity index (χ1v) is 4.45. The maximum absolute atomic E-state index is 13.1. The van der Waals surface area contributed by atoms with E-state index in [1.807, 2.05) is 0 Å². The van der Waals surface area contributed by atoms with Crippen molar-refractivity contribution in [3.8, 4) is 0 Å². The van der Waals surface area contributed by atoms with Crippen molar-refractivity contribution in [1.29, 1.82) is 0 Å². The zero-order valence-electron chi connectivity index (χ0n) is 6.47. The van der Waals surface area contributed by atoms with Crippen molar-refractivity contribution in [2.45, 2.75) is 0 Å². The largest absolute Gasteiger partial charge is 0.357 e. The number of benzene rings is 1. The smallest absolute Gasteiger partial charge is 0.203 e. The van der Waals surface area contributed by atoms with Crippen LogP contribution in [0.4, 0.5) is 4.39 Å². The second-order valence-electron chi connectivity index (χ2n) is 2.63. The minimum Gasteiger partial charge on any atom is -0.357 e. The van der Waals surface area contributed by atoms with Gasteiger partial charge in [0, 0.05) is 11.6 Å². The van der Waals surface area contributed by atoms with Gasteiger partial charge in [-0.3, -0.25) is 4.79 Å². The van der Waals surface area contributed by atoms with Crippen molar-refractivity contribution < 1.29 is 4.39 Å². The van der Waals surface area contributed by atoms with Gasteiger partial charge in [0.1, 0.15) is 5.82 Å². The van der Waals surface area contributed by atoms with Gasteiger partial charge in [-0.15, -0.1) is 0 Å². The van der Waals surface area contributed by atoms with Crippen LogP contribution >= 0.6 is 15.9 Å². The molecule has 66 valence electrons. The minimum absolute atomic E-state index is 0.201. The van der Waals surface area contributed by atoms with Gasteiger partial charge in [0.25, 0.3) is 0 Å². The molecule has 0 radical (unpaired) electrons. The summed E-state index contributed by atoms with van der Waals surface area (Å²) in [6.07, 6.45) is 1.44. The standard InChI is InChI=1S/C9H5BrFNO/c10-6-4-12-8-5(9(6)13)2-1-3-7(8)11/h1-4H,(H,12,13). The maximum Gasteiger partial charge on any atom is 0.203 e. The van der Waals surface area contributed by atoms with Crippen LogP contribution in [0, 0.1) is 5.82 Å². The van der Waals surface area contributed by atoms with Gasteiger partial charge in [-0.25, -0.2) is 4.39 Å². The van der Waals surface area contributed by atoms with E-state index in [0.717, 1.165) is 0 Å². The SMILES string of the molecule is O=c1c(Br)c[nH]c2c(F)cccc12. The minimum atomic E-state index is -0.415. The average molecular weight is 242 g/mol. The molecular formula is C9H5BrFNO. The lowest BCUT2D eigenvalue weighted by molar-refractivity contribution is 0.636. The Morgan fingerprint density at radius 3 is 2.92 bits per heavy atom. The number of aromatic nitrogens is 1. The molecular weight excluding hydrogens is 237 g/mol. The van der Waals surface area contributed by atoms with Crippen LogP contribution in [0.2, 0.25) is 0 Å².